The average molecular weight is 386 g/mol. The van der Waals surface area contributed by atoms with Gasteiger partial charge in [0, 0.05) is 5.69 Å². The molecule has 0 atom stereocenters. The Kier molecular flexibility index (Phi) is 4.52. The molecule has 29 heavy (non-hydrogen) atoms. The predicted octanol–water partition coefficient (Wildman–Crippen LogP) is 3.96. The summed E-state index contributed by atoms with van der Waals surface area (Å²) in [5.74, 6) is -0.343. The average Bonchev–Trinajstić information content (AvgIpc) is 2.99. The molecule has 3 N–H and O–H groups in total. The van der Waals surface area contributed by atoms with Crippen LogP contribution >= 0.6 is 0 Å². The molecule has 1 aliphatic heterocycles. The van der Waals surface area contributed by atoms with E-state index in [4.69, 9.17) is 10.5 Å². The van der Waals surface area contributed by atoms with Crippen LogP contribution in [0.15, 0.2) is 73.3 Å². The summed E-state index contributed by atoms with van der Waals surface area (Å²) in [5.41, 5.74) is 8.77. The highest BCUT2D eigenvalue weighted by atomic mass is 16.5. The molecule has 6 heteroatoms. The van der Waals surface area contributed by atoms with Crippen LogP contribution in [0.3, 0.4) is 0 Å². The van der Waals surface area contributed by atoms with E-state index in [-0.39, 0.29) is 24.2 Å². The minimum atomic E-state index is -0.333. The number of benzene rings is 3. The Labute approximate surface area is 167 Å². The highest BCUT2D eigenvalue weighted by molar-refractivity contribution is 6.34. The van der Waals surface area contributed by atoms with Gasteiger partial charge in [0.1, 0.15) is 18.1 Å². The molecule has 0 aliphatic carbocycles. The fourth-order valence-electron chi connectivity index (χ4n) is 3.19. The Morgan fingerprint density at radius 2 is 1.59 bits per heavy atom. The van der Waals surface area contributed by atoms with Crippen molar-refractivity contribution >= 4 is 28.9 Å². The summed E-state index contributed by atoms with van der Waals surface area (Å²) < 4.78 is 5.65. The molecule has 0 radical (unpaired) electrons. The van der Waals surface area contributed by atoms with Gasteiger partial charge in [0.05, 0.1) is 22.4 Å². The zero-order chi connectivity index (χ0) is 20.5. The first-order valence-corrected chi connectivity index (χ1v) is 8.93. The molecule has 1 aliphatic rings. The SMILES string of the molecule is C=C(OCc1ccc(N2C(=O)c3ccccc3C2=O)cc1)c1cc(N)ccc1O. The molecule has 6 nitrogen and oxygen atoms in total. The van der Waals surface area contributed by atoms with Crippen molar-refractivity contribution in [2.45, 2.75) is 6.61 Å². The first-order valence-electron chi connectivity index (χ1n) is 8.93. The summed E-state index contributed by atoms with van der Waals surface area (Å²) in [7, 11) is 0. The Balaban J connectivity index is 1.46. The Bertz CT molecular complexity index is 1100. The summed E-state index contributed by atoms with van der Waals surface area (Å²) in [4.78, 5) is 26.3. The van der Waals surface area contributed by atoms with Crippen LogP contribution in [-0.4, -0.2) is 16.9 Å². The molecule has 4 rings (SSSR count). The van der Waals surface area contributed by atoms with Gasteiger partial charge in [-0.05, 0) is 48.0 Å². The molecule has 0 fully saturated rings. The Hall–Kier alpha value is -4.06. The highest BCUT2D eigenvalue weighted by Crippen LogP contribution is 2.30. The van der Waals surface area contributed by atoms with Gasteiger partial charge in [-0.15, -0.1) is 0 Å². The standard InChI is InChI=1S/C23H18N2O4/c1-14(20-12-16(24)8-11-21(20)26)29-13-15-6-9-17(10-7-15)25-22(27)18-4-2-3-5-19(18)23(25)28/h2-12,26H,1,13,24H2. The van der Waals surface area contributed by atoms with Crippen LogP contribution in [0, 0.1) is 0 Å². The number of phenolic OH excluding ortho intramolecular Hbond substituents is 1. The first-order chi connectivity index (χ1) is 14.0. The smallest absolute Gasteiger partial charge is 0.266 e. The van der Waals surface area contributed by atoms with Gasteiger partial charge in [-0.1, -0.05) is 30.8 Å². The van der Waals surface area contributed by atoms with E-state index < -0.39 is 0 Å². The summed E-state index contributed by atoms with van der Waals surface area (Å²) in [6, 6.07) is 18.4. The zero-order valence-electron chi connectivity index (χ0n) is 15.5. The van der Waals surface area contributed by atoms with E-state index >= 15 is 0 Å². The molecule has 0 saturated carbocycles. The number of nitrogens with two attached hydrogens (primary N) is 1. The van der Waals surface area contributed by atoms with E-state index in [0.29, 0.717) is 33.8 Å². The maximum atomic E-state index is 12.6. The summed E-state index contributed by atoms with van der Waals surface area (Å²) in [6.45, 7) is 4.03. The van der Waals surface area contributed by atoms with Gasteiger partial charge < -0.3 is 15.6 Å². The number of nitrogen functional groups attached to an aromatic ring is 1. The van der Waals surface area contributed by atoms with E-state index in [2.05, 4.69) is 6.58 Å². The number of hydrogen-bond acceptors (Lipinski definition) is 5. The number of carbonyl (C=O) groups excluding carboxylic acids is 2. The first kappa shape index (κ1) is 18.3. The van der Waals surface area contributed by atoms with Crippen molar-refractivity contribution in [3.05, 3.63) is 95.6 Å². The fourth-order valence-corrected chi connectivity index (χ4v) is 3.19. The van der Waals surface area contributed by atoms with Gasteiger partial charge in [-0.25, -0.2) is 4.90 Å². The van der Waals surface area contributed by atoms with Crippen molar-refractivity contribution in [3.8, 4) is 5.75 Å². The summed E-state index contributed by atoms with van der Waals surface area (Å²) >= 11 is 0. The molecule has 3 aromatic rings. The molecule has 0 spiro atoms. The lowest BCUT2D eigenvalue weighted by atomic mass is 10.1. The molecule has 1 heterocycles. The third-order valence-electron chi connectivity index (χ3n) is 4.72. The molecule has 0 bridgehead atoms. The summed E-state index contributed by atoms with van der Waals surface area (Å²) in [5, 5.41) is 9.92. The Morgan fingerprint density at radius 1 is 0.966 bits per heavy atom. The van der Waals surface area contributed by atoms with Crippen LogP contribution in [0.25, 0.3) is 5.76 Å². The lowest BCUT2D eigenvalue weighted by Crippen LogP contribution is -2.29. The van der Waals surface area contributed by atoms with Crippen molar-refractivity contribution < 1.29 is 19.4 Å². The van der Waals surface area contributed by atoms with Gasteiger partial charge in [0.2, 0.25) is 0 Å². The number of ether oxygens (including phenoxy) is 1. The number of fused-ring (bicyclic) bond motifs is 1. The highest BCUT2D eigenvalue weighted by Gasteiger charge is 2.36. The molecule has 3 aromatic carbocycles. The minimum Gasteiger partial charge on any atom is -0.507 e. The van der Waals surface area contributed by atoms with Crippen molar-refractivity contribution in [2.75, 3.05) is 10.6 Å². The number of anilines is 2. The molecule has 0 saturated heterocycles. The fraction of sp³-hybridized carbons (Fsp3) is 0.0435. The third-order valence-corrected chi connectivity index (χ3v) is 4.72. The molecule has 144 valence electrons. The van der Waals surface area contributed by atoms with Crippen LogP contribution in [0.2, 0.25) is 0 Å². The van der Waals surface area contributed by atoms with Crippen molar-refractivity contribution in [3.63, 3.8) is 0 Å². The number of imide groups is 1. The second kappa shape index (κ2) is 7.16. The second-order valence-electron chi connectivity index (χ2n) is 6.65. The lowest BCUT2D eigenvalue weighted by Gasteiger charge is -2.15. The van der Waals surface area contributed by atoms with Gasteiger partial charge in [0.15, 0.2) is 0 Å². The molecule has 0 aromatic heterocycles. The van der Waals surface area contributed by atoms with Gasteiger partial charge in [0.25, 0.3) is 11.8 Å². The number of phenols is 1. The molecular weight excluding hydrogens is 368 g/mol. The summed E-state index contributed by atoms with van der Waals surface area (Å²) in [6.07, 6.45) is 0. The van der Waals surface area contributed by atoms with Crippen LogP contribution in [0.1, 0.15) is 31.8 Å². The van der Waals surface area contributed by atoms with Crippen LogP contribution in [0.5, 0.6) is 5.75 Å². The number of nitrogens with zero attached hydrogens (tertiary/aromatic N) is 1. The van der Waals surface area contributed by atoms with Crippen molar-refractivity contribution in [2.24, 2.45) is 0 Å². The lowest BCUT2D eigenvalue weighted by molar-refractivity contribution is 0.0926. The number of aromatic hydroxyl groups is 1. The predicted molar refractivity (Wildman–Crippen MR) is 110 cm³/mol. The van der Waals surface area contributed by atoms with Crippen LogP contribution in [-0.2, 0) is 11.3 Å². The van der Waals surface area contributed by atoms with E-state index in [1.807, 2.05) is 0 Å². The monoisotopic (exact) mass is 386 g/mol. The van der Waals surface area contributed by atoms with Crippen LogP contribution < -0.4 is 10.6 Å². The van der Waals surface area contributed by atoms with Crippen molar-refractivity contribution in [1.29, 1.82) is 0 Å². The molecule has 0 unspecified atom stereocenters. The largest absolute Gasteiger partial charge is 0.507 e. The van der Waals surface area contributed by atoms with E-state index in [9.17, 15) is 14.7 Å². The number of carbonyl (C=O) groups is 2. The quantitative estimate of drug-likeness (QED) is 0.300. The van der Waals surface area contributed by atoms with E-state index in [0.717, 1.165) is 5.56 Å². The zero-order valence-corrected chi connectivity index (χ0v) is 15.5. The maximum absolute atomic E-state index is 12.6. The maximum Gasteiger partial charge on any atom is 0.266 e. The minimum absolute atomic E-state index is 0.0326. The second-order valence-corrected chi connectivity index (χ2v) is 6.65. The number of amides is 2. The van der Waals surface area contributed by atoms with E-state index in [1.54, 1.807) is 60.7 Å². The van der Waals surface area contributed by atoms with E-state index in [1.165, 1.54) is 11.0 Å². The van der Waals surface area contributed by atoms with Gasteiger partial charge in [-0.2, -0.15) is 0 Å². The van der Waals surface area contributed by atoms with Gasteiger partial charge >= 0.3 is 0 Å². The normalized spacial score (nSPS) is 12.8. The third kappa shape index (κ3) is 3.32. The van der Waals surface area contributed by atoms with Crippen molar-refractivity contribution in [1.82, 2.24) is 0 Å². The topological polar surface area (TPSA) is 92.9 Å². The Morgan fingerprint density at radius 3 is 2.21 bits per heavy atom. The van der Waals surface area contributed by atoms with Gasteiger partial charge in [-0.3, -0.25) is 9.59 Å². The number of hydrogen-bond donors (Lipinski definition) is 2. The molecule has 2 amide bonds. The molecular formula is C23H18N2O4. The van der Waals surface area contributed by atoms with Crippen LogP contribution in [0.4, 0.5) is 11.4 Å². The number of rotatable bonds is 5.